The SMILES string of the molecule is CN(C)c1cc(O)c(N2CC(=O)NS2(=O)=O)cc1/C=C(\C=O)NCCC1CCCC1. The minimum atomic E-state index is -4.07. The topological polar surface area (TPSA) is 119 Å². The molecule has 1 amide bonds. The molecule has 3 N–H and O–H groups in total. The van der Waals surface area contributed by atoms with Crippen molar-refractivity contribution in [2.45, 2.75) is 32.1 Å². The summed E-state index contributed by atoms with van der Waals surface area (Å²) in [6.07, 6.45) is 8.32. The normalized spacial score (nSPS) is 19.1. The van der Waals surface area contributed by atoms with Crippen molar-refractivity contribution >= 4 is 39.9 Å². The smallest absolute Gasteiger partial charge is 0.326 e. The van der Waals surface area contributed by atoms with E-state index in [0.29, 0.717) is 29.4 Å². The van der Waals surface area contributed by atoms with Crippen molar-refractivity contribution in [1.82, 2.24) is 10.0 Å². The molecule has 0 radical (unpaired) electrons. The number of aromatic hydroxyl groups is 1. The van der Waals surface area contributed by atoms with Gasteiger partial charge in [-0.3, -0.25) is 9.59 Å². The standard InChI is InChI=1S/C20H28N4O5S/c1-23(2)17-11-19(26)18(24-12-20(27)22-30(24,28)29)10-15(17)9-16(13-25)21-8-7-14-5-3-4-6-14/h9-11,13-14,21,26H,3-8,12H2,1-2H3,(H,22,27)/b16-9+. The minimum Gasteiger partial charge on any atom is -0.506 e. The third-order valence-corrected chi connectivity index (χ3v) is 6.88. The molecule has 0 aromatic heterocycles. The lowest BCUT2D eigenvalue weighted by Gasteiger charge is -2.22. The van der Waals surface area contributed by atoms with Crippen molar-refractivity contribution in [1.29, 1.82) is 0 Å². The maximum absolute atomic E-state index is 12.2. The maximum Gasteiger partial charge on any atom is 0.326 e. The molecule has 1 aromatic carbocycles. The Morgan fingerprint density at radius 1 is 1.33 bits per heavy atom. The Balaban J connectivity index is 1.90. The third-order valence-electron chi connectivity index (χ3n) is 5.49. The zero-order valence-corrected chi connectivity index (χ0v) is 18.0. The van der Waals surface area contributed by atoms with E-state index in [1.54, 1.807) is 25.1 Å². The summed E-state index contributed by atoms with van der Waals surface area (Å²) >= 11 is 0. The van der Waals surface area contributed by atoms with Crippen LogP contribution < -0.4 is 19.2 Å². The van der Waals surface area contributed by atoms with Crippen LogP contribution in [0.1, 0.15) is 37.7 Å². The summed E-state index contributed by atoms with van der Waals surface area (Å²) in [5.41, 5.74) is 1.48. The molecule has 0 unspecified atom stereocenters. The highest BCUT2D eigenvalue weighted by Crippen LogP contribution is 2.37. The van der Waals surface area contributed by atoms with E-state index < -0.39 is 22.7 Å². The predicted octanol–water partition coefficient (Wildman–Crippen LogP) is 1.35. The quantitative estimate of drug-likeness (QED) is 0.416. The number of aldehydes is 1. The number of allylic oxidation sites excluding steroid dienone is 1. The predicted molar refractivity (Wildman–Crippen MR) is 115 cm³/mol. The maximum atomic E-state index is 12.2. The highest BCUT2D eigenvalue weighted by Gasteiger charge is 2.36. The average Bonchev–Trinajstić information content (AvgIpc) is 3.28. The number of carbonyl (C=O) groups excluding carboxylic acids is 2. The molecule has 9 nitrogen and oxygen atoms in total. The molecular weight excluding hydrogens is 408 g/mol. The van der Waals surface area contributed by atoms with Gasteiger partial charge in [0.25, 0.3) is 5.91 Å². The van der Waals surface area contributed by atoms with E-state index in [4.69, 9.17) is 0 Å². The third kappa shape index (κ3) is 4.86. The van der Waals surface area contributed by atoms with Crippen LogP contribution in [-0.4, -0.2) is 52.9 Å². The fraction of sp³-hybridized carbons (Fsp3) is 0.500. The van der Waals surface area contributed by atoms with E-state index in [2.05, 4.69) is 5.32 Å². The van der Waals surface area contributed by atoms with Gasteiger partial charge in [-0.1, -0.05) is 25.7 Å². The van der Waals surface area contributed by atoms with Crippen LogP contribution in [0, 0.1) is 5.92 Å². The number of amides is 1. The Labute approximate surface area is 176 Å². The average molecular weight is 437 g/mol. The molecular formula is C20H28N4O5S. The first-order chi connectivity index (χ1) is 14.2. The Morgan fingerprint density at radius 2 is 2.03 bits per heavy atom. The Kier molecular flexibility index (Phi) is 6.55. The zero-order valence-electron chi connectivity index (χ0n) is 17.2. The molecule has 1 aliphatic heterocycles. The van der Waals surface area contributed by atoms with Gasteiger partial charge < -0.3 is 15.3 Å². The number of carbonyl (C=O) groups is 2. The van der Waals surface area contributed by atoms with E-state index in [1.165, 1.54) is 37.8 Å². The van der Waals surface area contributed by atoms with Gasteiger partial charge in [-0.2, -0.15) is 8.42 Å². The fourth-order valence-corrected chi connectivity index (χ4v) is 5.11. The molecule has 1 saturated carbocycles. The Morgan fingerprint density at radius 3 is 2.60 bits per heavy atom. The van der Waals surface area contributed by atoms with Gasteiger partial charge >= 0.3 is 10.2 Å². The van der Waals surface area contributed by atoms with Crippen LogP contribution in [0.4, 0.5) is 11.4 Å². The lowest BCUT2D eigenvalue weighted by molar-refractivity contribution is -0.117. The summed E-state index contributed by atoms with van der Waals surface area (Å²) in [6.45, 7) is 0.261. The lowest BCUT2D eigenvalue weighted by atomic mass is 10.0. The monoisotopic (exact) mass is 436 g/mol. The highest BCUT2D eigenvalue weighted by atomic mass is 32.2. The molecule has 164 valence electrons. The number of benzene rings is 1. The molecule has 1 aliphatic carbocycles. The van der Waals surface area contributed by atoms with Crippen molar-refractivity contribution in [3.05, 3.63) is 23.4 Å². The van der Waals surface area contributed by atoms with Gasteiger partial charge in [0.1, 0.15) is 12.3 Å². The fourth-order valence-electron chi connectivity index (χ4n) is 3.96. The Bertz CT molecular complexity index is 952. The second kappa shape index (κ2) is 8.95. The summed E-state index contributed by atoms with van der Waals surface area (Å²) in [7, 11) is -0.514. The largest absolute Gasteiger partial charge is 0.506 e. The summed E-state index contributed by atoms with van der Waals surface area (Å²) < 4.78 is 27.1. The molecule has 0 bridgehead atoms. The second-order valence-corrected chi connectivity index (χ2v) is 9.51. The number of phenols is 1. The molecule has 1 aromatic rings. The second-order valence-electron chi connectivity index (χ2n) is 7.91. The first kappa shape index (κ1) is 21.9. The van der Waals surface area contributed by atoms with E-state index in [-0.39, 0.29) is 11.4 Å². The van der Waals surface area contributed by atoms with Crippen LogP contribution in [0.2, 0.25) is 0 Å². The molecule has 0 atom stereocenters. The lowest BCUT2D eigenvalue weighted by Crippen LogP contribution is -2.29. The van der Waals surface area contributed by atoms with E-state index in [0.717, 1.165) is 17.0 Å². The van der Waals surface area contributed by atoms with Gasteiger partial charge in [-0.15, -0.1) is 0 Å². The first-order valence-electron chi connectivity index (χ1n) is 9.99. The molecule has 10 heteroatoms. The molecule has 3 rings (SSSR count). The number of phenolic OH excluding ortho intramolecular Hbond substituents is 1. The molecule has 1 heterocycles. The van der Waals surface area contributed by atoms with E-state index >= 15 is 0 Å². The number of rotatable bonds is 8. The summed E-state index contributed by atoms with van der Waals surface area (Å²) in [5, 5.41) is 13.6. The van der Waals surface area contributed by atoms with Crippen LogP contribution in [-0.2, 0) is 19.8 Å². The molecule has 2 fully saturated rings. The Hall–Kier alpha value is -2.75. The number of nitrogens with zero attached hydrogens (tertiary/aromatic N) is 2. The van der Waals surface area contributed by atoms with Crippen molar-refractivity contribution in [3.8, 4) is 5.75 Å². The number of nitrogens with one attached hydrogen (secondary N) is 2. The van der Waals surface area contributed by atoms with Crippen molar-refractivity contribution in [2.75, 3.05) is 36.4 Å². The van der Waals surface area contributed by atoms with Gasteiger partial charge in [0, 0.05) is 38.0 Å². The van der Waals surface area contributed by atoms with Crippen molar-refractivity contribution < 1.29 is 23.1 Å². The summed E-state index contributed by atoms with van der Waals surface area (Å²) in [5.74, 6) is -0.267. The number of anilines is 2. The van der Waals surface area contributed by atoms with Crippen molar-refractivity contribution in [2.24, 2.45) is 5.92 Å². The van der Waals surface area contributed by atoms with Crippen LogP contribution in [0.15, 0.2) is 17.8 Å². The summed E-state index contributed by atoms with van der Waals surface area (Å²) in [4.78, 5) is 24.9. The molecule has 2 aliphatic rings. The minimum absolute atomic E-state index is 0.0265. The number of hydrogen-bond acceptors (Lipinski definition) is 7. The van der Waals surface area contributed by atoms with Crippen molar-refractivity contribution in [3.63, 3.8) is 0 Å². The van der Waals surface area contributed by atoms with E-state index in [9.17, 15) is 23.1 Å². The summed E-state index contributed by atoms with van der Waals surface area (Å²) in [6, 6.07) is 2.88. The first-order valence-corrected chi connectivity index (χ1v) is 11.4. The number of hydrogen-bond donors (Lipinski definition) is 3. The van der Waals surface area contributed by atoms with Crippen LogP contribution >= 0.6 is 0 Å². The van der Waals surface area contributed by atoms with Crippen LogP contribution in [0.5, 0.6) is 5.75 Å². The van der Waals surface area contributed by atoms with Gasteiger partial charge in [0.15, 0.2) is 6.29 Å². The van der Waals surface area contributed by atoms with Crippen LogP contribution in [0.3, 0.4) is 0 Å². The molecule has 0 spiro atoms. The van der Waals surface area contributed by atoms with Gasteiger partial charge in [-0.05, 0) is 24.5 Å². The van der Waals surface area contributed by atoms with E-state index in [1.807, 2.05) is 4.72 Å². The van der Waals surface area contributed by atoms with Gasteiger partial charge in [-0.25, -0.2) is 9.03 Å². The van der Waals surface area contributed by atoms with Gasteiger partial charge in [0.2, 0.25) is 0 Å². The highest BCUT2D eigenvalue weighted by molar-refractivity contribution is 7.92. The molecule has 30 heavy (non-hydrogen) atoms. The molecule has 1 saturated heterocycles. The van der Waals surface area contributed by atoms with Crippen LogP contribution in [0.25, 0.3) is 6.08 Å². The van der Waals surface area contributed by atoms with Gasteiger partial charge in [0.05, 0.1) is 11.4 Å². The zero-order chi connectivity index (χ0) is 21.9.